The normalized spacial score (nSPS) is 11.2. The number of aromatic hydroxyl groups is 1. The molecule has 1 heterocycles. The van der Waals surface area contributed by atoms with Crippen molar-refractivity contribution >= 4 is 34.7 Å². The van der Waals surface area contributed by atoms with E-state index in [9.17, 15) is 10.3 Å². The predicted molar refractivity (Wildman–Crippen MR) is 89.8 cm³/mol. The Morgan fingerprint density at radius 1 is 1.30 bits per heavy atom. The molecule has 0 spiro atoms. The van der Waals surface area contributed by atoms with Crippen LogP contribution in [0.15, 0.2) is 53.8 Å². The number of hydrogen-bond acceptors (Lipinski definition) is 5. The Labute approximate surface area is 137 Å². The SMILES string of the molecule is CN(/N=C/c1ccccc1O)c1c[n+]([O-])c2cc(Cl)ccc2n1. The van der Waals surface area contributed by atoms with E-state index >= 15 is 0 Å². The van der Waals surface area contributed by atoms with Crippen LogP contribution in [-0.4, -0.2) is 23.4 Å². The first kappa shape index (κ1) is 15.1. The first-order valence-electron chi connectivity index (χ1n) is 6.80. The number of phenolic OH excluding ortho intramolecular Hbond substituents is 1. The molecule has 0 saturated carbocycles. The fourth-order valence-corrected chi connectivity index (χ4v) is 2.22. The van der Waals surface area contributed by atoms with Crippen molar-refractivity contribution in [3.63, 3.8) is 0 Å². The largest absolute Gasteiger partial charge is 0.618 e. The van der Waals surface area contributed by atoms with Crippen molar-refractivity contribution < 1.29 is 9.84 Å². The summed E-state index contributed by atoms with van der Waals surface area (Å²) in [7, 11) is 1.67. The van der Waals surface area contributed by atoms with Crippen LogP contribution in [0.3, 0.4) is 0 Å². The molecule has 116 valence electrons. The Bertz CT molecular complexity index is 898. The number of anilines is 1. The highest BCUT2D eigenvalue weighted by molar-refractivity contribution is 6.31. The Kier molecular flexibility index (Phi) is 3.99. The fourth-order valence-electron chi connectivity index (χ4n) is 2.05. The van der Waals surface area contributed by atoms with Crippen LogP contribution in [0.4, 0.5) is 5.82 Å². The molecule has 7 heteroatoms. The molecule has 0 unspecified atom stereocenters. The molecule has 0 atom stereocenters. The van der Waals surface area contributed by atoms with Gasteiger partial charge < -0.3 is 10.3 Å². The van der Waals surface area contributed by atoms with Crippen LogP contribution < -0.4 is 9.74 Å². The van der Waals surface area contributed by atoms with Crippen LogP contribution in [0, 0.1) is 5.21 Å². The molecule has 0 aliphatic heterocycles. The molecule has 1 aromatic heterocycles. The second-order valence-corrected chi connectivity index (χ2v) is 5.32. The maximum Gasteiger partial charge on any atom is 0.244 e. The Morgan fingerprint density at radius 2 is 2.09 bits per heavy atom. The summed E-state index contributed by atoms with van der Waals surface area (Å²) in [5.41, 5.74) is 1.48. The molecule has 0 bridgehead atoms. The minimum absolute atomic E-state index is 0.129. The maximum absolute atomic E-state index is 12.1. The summed E-state index contributed by atoms with van der Waals surface area (Å²) in [6.45, 7) is 0. The lowest BCUT2D eigenvalue weighted by atomic mass is 10.2. The van der Waals surface area contributed by atoms with Gasteiger partial charge in [0.1, 0.15) is 11.3 Å². The van der Waals surface area contributed by atoms with Crippen molar-refractivity contribution in [3.05, 3.63) is 64.5 Å². The highest BCUT2D eigenvalue weighted by Crippen LogP contribution is 2.18. The van der Waals surface area contributed by atoms with Gasteiger partial charge in [-0.1, -0.05) is 23.7 Å². The number of benzene rings is 2. The van der Waals surface area contributed by atoms with Crippen LogP contribution in [0.2, 0.25) is 5.02 Å². The van der Waals surface area contributed by atoms with E-state index in [1.54, 1.807) is 49.5 Å². The van der Waals surface area contributed by atoms with Gasteiger partial charge in [-0.3, -0.25) is 0 Å². The predicted octanol–water partition coefficient (Wildman–Crippen LogP) is 2.70. The molecule has 3 rings (SSSR count). The highest BCUT2D eigenvalue weighted by atomic mass is 35.5. The molecule has 0 saturated heterocycles. The Hall–Kier alpha value is -2.86. The van der Waals surface area contributed by atoms with Crippen molar-refractivity contribution in [2.24, 2.45) is 5.10 Å². The smallest absolute Gasteiger partial charge is 0.244 e. The number of phenols is 1. The molecule has 0 aliphatic carbocycles. The van der Waals surface area contributed by atoms with E-state index in [2.05, 4.69) is 10.1 Å². The van der Waals surface area contributed by atoms with Gasteiger partial charge in [0.25, 0.3) is 0 Å². The van der Waals surface area contributed by atoms with Crippen LogP contribution in [-0.2, 0) is 0 Å². The molecule has 0 aliphatic rings. The number of halogens is 1. The van der Waals surface area contributed by atoms with E-state index in [1.807, 2.05) is 0 Å². The third kappa shape index (κ3) is 3.17. The van der Waals surface area contributed by atoms with Crippen molar-refractivity contribution in [3.8, 4) is 5.75 Å². The van der Waals surface area contributed by atoms with Crippen LogP contribution in [0.5, 0.6) is 5.75 Å². The summed E-state index contributed by atoms with van der Waals surface area (Å²) < 4.78 is 0.704. The van der Waals surface area contributed by atoms with E-state index in [0.717, 1.165) is 0 Å². The monoisotopic (exact) mass is 328 g/mol. The van der Waals surface area contributed by atoms with Crippen molar-refractivity contribution in [1.29, 1.82) is 0 Å². The van der Waals surface area contributed by atoms with Gasteiger partial charge in [0, 0.05) is 23.7 Å². The molecule has 2 aromatic carbocycles. The summed E-state index contributed by atoms with van der Waals surface area (Å²) in [5, 5.41) is 27.9. The standard InChI is InChI=1S/C16H13ClN4O2/c1-20(18-9-11-4-2-3-5-15(11)22)16-10-21(23)14-8-12(17)6-7-13(14)19-16/h2-10,22H,1H3/b18-9+. The number of fused-ring (bicyclic) bond motifs is 1. The zero-order valence-corrected chi connectivity index (χ0v) is 13.0. The zero-order chi connectivity index (χ0) is 16.4. The molecular formula is C16H13ClN4O2. The van der Waals surface area contributed by atoms with E-state index in [4.69, 9.17) is 11.6 Å². The molecule has 0 fully saturated rings. The van der Waals surface area contributed by atoms with E-state index in [-0.39, 0.29) is 5.75 Å². The summed E-state index contributed by atoms with van der Waals surface area (Å²) >= 11 is 5.89. The average Bonchev–Trinajstić information content (AvgIpc) is 2.54. The number of rotatable bonds is 3. The lowest BCUT2D eigenvalue weighted by molar-refractivity contribution is -0.576. The minimum atomic E-state index is 0.129. The number of para-hydroxylation sites is 1. The molecule has 23 heavy (non-hydrogen) atoms. The summed E-state index contributed by atoms with van der Waals surface area (Å²) in [6, 6.07) is 11.7. The van der Waals surface area contributed by atoms with Gasteiger partial charge in [0.05, 0.1) is 6.21 Å². The van der Waals surface area contributed by atoms with Gasteiger partial charge in [-0.2, -0.15) is 9.83 Å². The quantitative estimate of drug-likeness (QED) is 0.347. The number of hydrogen-bond donors (Lipinski definition) is 1. The summed E-state index contributed by atoms with van der Waals surface area (Å²) in [5.74, 6) is 0.506. The number of nitrogens with zero attached hydrogens (tertiary/aromatic N) is 4. The molecule has 0 amide bonds. The Balaban J connectivity index is 1.93. The first-order chi connectivity index (χ1) is 11.0. The van der Waals surface area contributed by atoms with Gasteiger partial charge in [-0.25, -0.2) is 9.99 Å². The van der Waals surface area contributed by atoms with Gasteiger partial charge in [0.2, 0.25) is 17.5 Å². The fraction of sp³-hybridized carbons (Fsp3) is 0.0625. The molecular weight excluding hydrogens is 316 g/mol. The molecule has 0 radical (unpaired) electrons. The topological polar surface area (TPSA) is 75.7 Å². The van der Waals surface area contributed by atoms with Crippen molar-refractivity contribution in [2.45, 2.75) is 0 Å². The highest BCUT2D eigenvalue weighted by Gasteiger charge is 2.12. The van der Waals surface area contributed by atoms with Gasteiger partial charge in [0.15, 0.2) is 0 Å². The lowest BCUT2D eigenvalue weighted by Crippen LogP contribution is -2.29. The average molecular weight is 329 g/mol. The van der Waals surface area contributed by atoms with Crippen molar-refractivity contribution in [1.82, 2.24) is 4.98 Å². The summed E-state index contributed by atoms with van der Waals surface area (Å²) in [4.78, 5) is 4.38. The van der Waals surface area contributed by atoms with E-state index < -0.39 is 0 Å². The second-order valence-electron chi connectivity index (χ2n) is 4.88. The third-order valence-electron chi connectivity index (χ3n) is 3.28. The van der Waals surface area contributed by atoms with Crippen LogP contribution >= 0.6 is 11.6 Å². The molecule has 6 nitrogen and oxygen atoms in total. The van der Waals surface area contributed by atoms with Crippen molar-refractivity contribution in [2.75, 3.05) is 12.1 Å². The minimum Gasteiger partial charge on any atom is -0.618 e. The van der Waals surface area contributed by atoms with Gasteiger partial charge in [-0.05, 0) is 24.3 Å². The molecule has 3 aromatic rings. The van der Waals surface area contributed by atoms with Gasteiger partial charge in [-0.15, -0.1) is 0 Å². The molecule has 1 N–H and O–H groups in total. The Morgan fingerprint density at radius 3 is 2.87 bits per heavy atom. The lowest BCUT2D eigenvalue weighted by Gasteiger charge is -2.12. The van der Waals surface area contributed by atoms with E-state index in [1.165, 1.54) is 17.4 Å². The summed E-state index contributed by atoms with van der Waals surface area (Å²) in [6.07, 6.45) is 2.82. The second kappa shape index (κ2) is 6.10. The van der Waals surface area contributed by atoms with Gasteiger partial charge >= 0.3 is 0 Å². The van der Waals surface area contributed by atoms with Crippen LogP contribution in [0.25, 0.3) is 11.0 Å². The first-order valence-corrected chi connectivity index (χ1v) is 7.17. The third-order valence-corrected chi connectivity index (χ3v) is 3.52. The number of hydrazone groups is 1. The van der Waals surface area contributed by atoms with Crippen LogP contribution in [0.1, 0.15) is 5.56 Å². The number of aromatic nitrogens is 2. The maximum atomic E-state index is 12.1. The zero-order valence-electron chi connectivity index (χ0n) is 12.2. The van der Waals surface area contributed by atoms with E-state index in [0.29, 0.717) is 32.2 Å².